The standard InChI is InChI=1S/C53H35NS/c1-3-14-36(15-4-1)37-26-31-41(32-27-37)54(40-17-5-2-6-18-40)42-33-28-39(29-34-42)44-20-13-23-47-51(44)52-43-19-8-7-16-38(43)30-35-48(52)53(47)45-21-9-11-24-49(45)55-50-25-12-10-22-46(50)53/h1-35H. The molecule has 0 atom stereocenters. The maximum Gasteiger partial charge on any atom is 0.0735 e. The third-order valence-corrected chi connectivity index (χ3v) is 12.7. The van der Waals surface area contributed by atoms with Gasteiger partial charge in [0, 0.05) is 26.9 Å². The van der Waals surface area contributed by atoms with Gasteiger partial charge in [-0.25, -0.2) is 0 Å². The van der Waals surface area contributed by atoms with E-state index in [2.05, 4.69) is 217 Å². The van der Waals surface area contributed by atoms with E-state index < -0.39 is 5.41 Å². The van der Waals surface area contributed by atoms with Crippen LogP contribution in [0.1, 0.15) is 22.3 Å². The molecule has 0 radical (unpaired) electrons. The topological polar surface area (TPSA) is 3.24 Å². The Labute approximate surface area is 326 Å². The van der Waals surface area contributed by atoms with Crippen LogP contribution in [0.15, 0.2) is 222 Å². The zero-order chi connectivity index (χ0) is 36.3. The lowest BCUT2D eigenvalue weighted by Gasteiger charge is -2.39. The van der Waals surface area contributed by atoms with E-state index in [-0.39, 0.29) is 0 Å². The number of hydrogen-bond acceptors (Lipinski definition) is 2. The molecule has 0 unspecified atom stereocenters. The van der Waals surface area contributed by atoms with Gasteiger partial charge in [0.2, 0.25) is 0 Å². The molecule has 1 spiro atoms. The minimum Gasteiger partial charge on any atom is -0.311 e. The van der Waals surface area contributed by atoms with Gasteiger partial charge in [0.05, 0.1) is 5.41 Å². The average Bonchev–Trinajstić information content (AvgIpc) is 3.56. The van der Waals surface area contributed by atoms with E-state index in [0.717, 1.165) is 17.1 Å². The van der Waals surface area contributed by atoms with Gasteiger partial charge in [-0.1, -0.05) is 176 Å². The third kappa shape index (κ3) is 4.88. The number of nitrogens with zero attached hydrogens (tertiary/aromatic N) is 1. The van der Waals surface area contributed by atoms with Crippen LogP contribution < -0.4 is 4.90 Å². The summed E-state index contributed by atoms with van der Waals surface area (Å²) in [6.07, 6.45) is 0. The zero-order valence-electron chi connectivity index (χ0n) is 30.1. The van der Waals surface area contributed by atoms with Crippen LogP contribution in [0, 0.1) is 0 Å². The molecule has 0 amide bonds. The molecule has 0 aromatic heterocycles. The molecule has 2 aliphatic rings. The number of fused-ring (bicyclic) bond motifs is 11. The van der Waals surface area contributed by atoms with Crippen molar-refractivity contribution in [1.82, 2.24) is 0 Å². The van der Waals surface area contributed by atoms with E-state index in [1.54, 1.807) is 0 Å². The Morgan fingerprint density at radius 1 is 0.327 bits per heavy atom. The molecule has 55 heavy (non-hydrogen) atoms. The third-order valence-electron chi connectivity index (χ3n) is 11.5. The average molecular weight is 718 g/mol. The summed E-state index contributed by atoms with van der Waals surface area (Å²) in [4.78, 5) is 4.99. The van der Waals surface area contributed by atoms with Crippen molar-refractivity contribution in [1.29, 1.82) is 0 Å². The molecule has 1 aliphatic carbocycles. The van der Waals surface area contributed by atoms with Crippen LogP contribution in [0.3, 0.4) is 0 Å². The first-order chi connectivity index (χ1) is 27.3. The van der Waals surface area contributed by atoms with E-state index in [1.165, 1.54) is 76.2 Å². The first kappa shape index (κ1) is 31.9. The second-order valence-electron chi connectivity index (χ2n) is 14.4. The first-order valence-corrected chi connectivity index (χ1v) is 19.7. The molecule has 0 bridgehead atoms. The Bertz CT molecular complexity index is 2830. The van der Waals surface area contributed by atoms with Crippen LogP contribution in [0.2, 0.25) is 0 Å². The molecule has 0 N–H and O–H groups in total. The monoisotopic (exact) mass is 717 g/mol. The molecule has 1 aliphatic heterocycles. The summed E-state index contributed by atoms with van der Waals surface area (Å²) in [6.45, 7) is 0. The number of anilines is 3. The van der Waals surface area contributed by atoms with Gasteiger partial charge in [-0.05, 0) is 115 Å². The second kappa shape index (κ2) is 12.8. The van der Waals surface area contributed by atoms with Crippen molar-refractivity contribution in [3.8, 4) is 33.4 Å². The van der Waals surface area contributed by atoms with Crippen molar-refractivity contribution in [2.45, 2.75) is 15.2 Å². The molecule has 9 aromatic rings. The minimum atomic E-state index is -0.431. The van der Waals surface area contributed by atoms with Gasteiger partial charge in [-0.2, -0.15) is 0 Å². The predicted octanol–water partition coefficient (Wildman–Crippen LogP) is 14.5. The fourth-order valence-corrected chi connectivity index (χ4v) is 10.4. The SMILES string of the molecule is c1ccc(-c2ccc(N(c3ccccc3)c3ccc(-c4cccc5c4-c4c(ccc6ccccc46)C54c5ccccc5Sc5ccccc54)cc3)cc2)cc1. The van der Waals surface area contributed by atoms with E-state index in [0.29, 0.717) is 0 Å². The van der Waals surface area contributed by atoms with E-state index in [1.807, 2.05) is 11.8 Å². The summed E-state index contributed by atoms with van der Waals surface area (Å²) >= 11 is 1.89. The summed E-state index contributed by atoms with van der Waals surface area (Å²) < 4.78 is 0. The molecule has 1 heterocycles. The summed E-state index contributed by atoms with van der Waals surface area (Å²) in [5.74, 6) is 0. The fourth-order valence-electron chi connectivity index (χ4n) is 9.20. The molecule has 0 fully saturated rings. The highest BCUT2D eigenvalue weighted by Crippen LogP contribution is 2.64. The molecule has 2 heteroatoms. The molecule has 9 aromatic carbocycles. The summed E-state index contributed by atoms with van der Waals surface area (Å²) in [6, 6.07) is 78.1. The van der Waals surface area contributed by atoms with E-state index in [4.69, 9.17) is 0 Å². The Morgan fingerprint density at radius 3 is 1.53 bits per heavy atom. The van der Waals surface area contributed by atoms with Crippen molar-refractivity contribution in [3.63, 3.8) is 0 Å². The zero-order valence-corrected chi connectivity index (χ0v) is 30.9. The van der Waals surface area contributed by atoms with Crippen molar-refractivity contribution < 1.29 is 0 Å². The highest BCUT2D eigenvalue weighted by molar-refractivity contribution is 7.99. The van der Waals surface area contributed by atoms with Gasteiger partial charge in [0.1, 0.15) is 0 Å². The van der Waals surface area contributed by atoms with Crippen LogP contribution in [0.4, 0.5) is 17.1 Å². The van der Waals surface area contributed by atoms with Gasteiger partial charge >= 0.3 is 0 Å². The number of hydrogen-bond donors (Lipinski definition) is 0. The molecule has 258 valence electrons. The highest BCUT2D eigenvalue weighted by Gasteiger charge is 2.51. The Hall–Kier alpha value is -6.61. The van der Waals surface area contributed by atoms with Crippen molar-refractivity contribution in [2.24, 2.45) is 0 Å². The number of para-hydroxylation sites is 1. The van der Waals surface area contributed by atoms with Gasteiger partial charge < -0.3 is 4.90 Å². The largest absolute Gasteiger partial charge is 0.311 e. The van der Waals surface area contributed by atoms with Gasteiger partial charge in [-0.15, -0.1) is 0 Å². The fraction of sp³-hybridized carbons (Fsp3) is 0.0189. The molecule has 0 saturated carbocycles. The lowest BCUT2D eigenvalue weighted by molar-refractivity contribution is 0.723. The predicted molar refractivity (Wildman–Crippen MR) is 231 cm³/mol. The summed E-state index contributed by atoms with van der Waals surface area (Å²) in [7, 11) is 0. The smallest absolute Gasteiger partial charge is 0.0735 e. The maximum atomic E-state index is 2.41. The van der Waals surface area contributed by atoms with Crippen LogP contribution in [0.5, 0.6) is 0 Å². The molecular formula is C53H35NS. The Kier molecular flexibility index (Phi) is 7.40. The van der Waals surface area contributed by atoms with Crippen LogP contribution in [-0.4, -0.2) is 0 Å². The normalized spacial score (nSPS) is 13.2. The highest BCUT2D eigenvalue weighted by atomic mass is 32.2. The Morgan fingerprint density at radius 2 is 0.836 bits per heavy atom. The van der Waals surface area contributed by atoms with Crippen LogP contribution in [-0.2, 0) is 5.41 Å². The van der Waals surface area contributed by atoms with Crippen LogP contribution >= 0.6 is 11.8 Å². The van der Waals surface area contributed by atoms with Crippen molar-refractivity contribution in [3.05, 3.63) is 235 Å². The van der Waals surface area contributed by atoms with Crippen molar-refractivity contribution >= 4 is 39.6 Å². The molecular weight excluding hydrogens is 683 g/mol. The minimum absolute atomic E-state index is 0.431. The Balaban J connectivity index is 1.10. The quantitative estimate of drug-likeness (QED) is 0.174. The van der Waals surface area contributed by atoms with Gasteiger partial charge in [-0.3, -0.25) is 0 Å². The van der Waals surface area contributed by atoms with Gasteiger partial charge in [0.25, 0.3) is 0 Å². The van der Waals surface area contributed by atoms with E-state index >= 15 is 0 Å². The lowest BCUT2D eigenvalue weighted by Crippen LogP contribution is -2.31. The second-order valence-corrected chi connectivity index (χ2v) is 15.5. The maximum absolute atomic E-state index is 2.41. The van der Waals surface area contributed by atoms with Gasteiger partial charge in [0.15, 0.2) is 0 Å². The van der Waals surface area contributed by atoms with E-state index in [9.17, 15) is 0 Å². The lowest BCUT2D eigenvalue weighted by atomic mass is 9.67. The summed E-state index contributed by atoms with van der Waals surface area (Å²) in [5.41, 5.74) is 15.9. The number of rotatable bonds is 5. The van der Waals surface area contributed by atoms with Crippen molar-refractivity contribution in [2.75, 3.05) is 4.90 Å². The molecule has 11 rings (SSSR count). The molecule has 0 saturated heterocycles. The molecule has 1 nitrogen and oxygen atoms in total. The number of benzene rings is 9. The first-order valence-electron chi connectivity index (χ1n) is 18.9. The summed E-state index contributed by atoms with van der Waals surface area (Å²) in [5, 5.41) is 2.56. The van der Waals surface area contributed by atoms with Crippen LogP contribution in [0.25, 0.3) is 44.2 Å².